The molecular weight excluding hydrogens is 458 g/mol. The van der Waals surface area contributed by atoms with Crippen LogP contribution in [0.5, 0.6) is 5.75 Å². The molecule has 0 aliphatic heterocycles. The van der Waals surface area contributed by atoms with Gasteiger partial charge in [-0.3, -0.25) is 0 Å². The molecule has 8 heteroatoms. The zero-order valence-corrected chi connectivity index (χ0v) is 20.3. The number of rotatable bonds is 13. The Morgan fingerprint density at radius 3 is 2.58 bits per heavy atom. The van der Waals surface area contributed by atoms with E-state index in [4.69, 9.17) is 9.84 Å². The van der Waals surface area contributed by atoms with Gasteiger partial charge in [0.25, 0.3) is 0 Å². The lowest BCUT2D eigenvalue weighted by Crippen LogP contribution is -2.20. The van der Waals surface area contributed by atoms with Crippen LogP contribution in [0.3, 0.4) is 0 Å². The molecule has 0 saturated carbocycles. The summed E-state index contributed by atoms with van der Waals surface area (Å²) < 4.78 is 30.8. The van der Waals surface area contributed by atoms with Crippen LogP contribution < -0.4 is 10.1 Å². The van der Waals surface area contributed by atoms with E-state index in [9.17, 15) is 13.2 Å². The number of hydrogen-bond donors (Lipinski definition) is 2. The van der Waals surface area contributed by atoms with Crippen LogP contribution in [0.4, 0.5) is 0 Å². The highest BCUT2D eigenvalue weighted by Crippen LogP contribution is 2.26. The third-order valence-electron chi connectivity index (χ3n) is 5.12. The van der Waals surface area contributed by atoms with Crippen molar-refractivity contribution in [2.24, 2.45) is 0 Å². The Kier molecular flexibility index (Phi) is 9.17. The van der Waals surface area contributed by atoms with Crippen LogP contribution in [0.25, 0.3) is 10.8 Å². The lowest BCUT2D eigenvalue weighted by atomic mass is 10.1. The molecule has 176 valence electrons. The summed E-state index contributed by atoms with van der Waals surface area (Å²) in [5.74, 6) is 0.641. The molecule has 0 spiro atoms. The number of carboxylic acids is 1. The third kappa shape index (κ3) is 7.48. The first-order chi connectivity index (χ1) is 15.9. The lowest BCUT2D eigenvalue weighted by molar-refractivity contribution is -0.139. The minimum absolute atomic E-state index is 0.123. The van der Waals surface area contributed by atoms with Gasteiger partial charge in [0, 0.05) is 10.3 Å². The van der Waals surface area contributed by atoms with E-state index in [1.54, 1.807) is 30.0 Å². The number of aliphatic carboxylic acids is 1. The lowest BCUT2D eigenvalue weighted by Gasteiger charge is -2.10. The molecule has 0 heterocycles. The van der Waals surface area contributed by atoms with Crippen molar-refractivity contribution in [3.05, 3.63) is 66.2 Å². The molecule has 0 aliphatic carbocycles. The Balaban J connectivity index is 1.35. The van der Waals surface area contributed by atoms with Gasteiger partial charge in [0.05, 0.1) is 10.6 Å². The van der Waals surface area contributed by atoms with Crippen LogP contribution in [0.1, 0.15) is 18.4 Å². The quantitative estimate of drug-likeness (QED) is 0.270. The maximum absolute atomic E-state index is 12.8. The Morgan fingerprint density at radius 1 is 1.03 bits per heavy atom. The SMILES string of the molecule is Cc1cc(SCCCNCCCS(=O)(=O)c2cccc3ccccc23)ccc1OCC(=O)O. The minimum atomic E-state index is -3.32. The van der Waals surface area contributed by atoms with Crippen LogP contribution in [-0.2, 0) is 14.6 Å². The Hall–Kier alpha value is -2.55. The number of fused-ring (bicyclic) bond motifs is 1. The molecule has 2 N–H and O–H groups in total. The number of sulfone groups is 1. The van der Waals surface area contributed by atoms with Gasteiger partial charge in [-0.15, -0.1) is 11.8 Å². The van der Waals surface area contributed by atoms with Crippen molar-refractivity contribution in [3.8, 4) is 5.75 Å². The Labute approximate surface area is 199 Å². The summed E-state index contributed by atoms with van der Waals surface area (Å²) in [6.45, 7) is 3.03. The molecule has 0 atom stereocenters. The van der Waals surface area contributed by atoms with Crippen LogP contribution in [-0.4, -0.2) is 50.7 Å². The van der Waals surface area contributed by atoms with Gasteiger partial charge >= 0.3 is 5.97 Å². The van der Waals surface area contributed by atoms with Gasteiger partial charge in [-0.05, 0) is 73.8 Å². The number of carbonyl (C=O) groups is 1. The number of nitrogens with one attached hydrogen (secondary N) is 1. The van der Waals surface area contributed by atoms with Crippen molar-refractivity contribution in [2.45, 2.75) is 29.6 Å². The number of hydrogen-bond acceptors (Lipinski definition) is 6. The van der Waals surface area contributed by atoms with Crippen LogP contribution in [0.2, 0.25) is 0 Å². The average Bonchev–Trinajstić information content (AvgIpc) is 2.79. The van der Waals surface area contributed by atoms with E-state index in [0.717, 1.165) is 39.9 Å². The first-order valence-corrected chi connectivity index (χ1v) is 13.5. The number of ether oxygens (including phenoxy) is 1. The zero-order chi connectivity index (χ0) is 23.7. The van der Waals surface area contributed by atoms with Gasteiger partial charge < -0.3 is 15.2 Å². The maximum atomic E-state index is 12.8. The fourth-order valence-electron chi connectivity index (χ4n) is 3.49. The van der Waals surface area contributed by atoms with Gasteiger partial charge in [0.2, 0.25) is 0 Å². The normalized spacial score (nSPS) is 11.5. The smallest absolute Gasteiger partial charge is 0.341 e. The summed E-state index contributed by atoms with van der Waals surface area (Å²) in [6.07, 6.45) is 1.52. The second kappa shape index (κ2) is 12.1. The number of aryl methyl sites for hydroxylation is 1. The van der Waals surface area contributed by atoms with Crippen LogP contribution in [0, 0.1) is 6.92 Å². The van der Waals surface area contributed by atoms with Crippen molar-refractivity contribution < 1.29 is 23.1 Å². The molecule has 0 amide bonds. The Morgan fingerprint density at radius 2 is 1.79 bits per heavy atom. The molecule has 3 rings (SSSR count). The molecule has 0 aromatic heterocycles. The summed E-state index contributed by atoms with van der Waals surface area (Å²) in [4.78, 5) is 12.1. The van der Waals surface area contributed by atoms with E-state index in [1.165, 1.54) is 0 Å². The standard InChI is InChI=1S/C25H29NO5S2/c1-19-17-21(11-12-23(19)31-18-25(27)28)32-15-5-13-26-14-6-16-33(29,30)24-10-4-8-20-7-2-3-9-22(20)24/h2-4,7-12,17,26H,5-6,13-16,18H2,1H3,(H,27,28). The van der Waals surface area contributed by atoms with Crippen LogP contribution in [0.15, 0.2) is 70.5 Å². The second-order valence-corrected chi connectivity index (χ2v) is 11.0. The predicted octanol–water partition coefficient (Wildman–Crippen LogP) is 4.55. The summed E-state index contributed by atoms with van der Waals surface area (Å²) >= 11 is 1.73. The Bertz CT molecular complexity index is 1190. The molecule has 0 fully saturated rings. The number of thioether (sulfide) groups is 1. The topological polar surface area (TPSA) is 92.7 Å². The summed E-state index contributed by atoms with van der Waals surface area (Å²) in [6, 6.07) is 18.7. The van der Waals surface area contributed by atoms with Gasteiger partial charge in [0.15, 0.2) is 16.4 Å². The highest BCUT2D eigenvalue weighted by molar-refractivity contribution is 7.99. The van der Waals surface area contributed by atoms with Crippen molar-refractivity contribution in [2.75, 3.05) is 31.2 Å². The molecular formula is C25H29NO5S2. The van der Waals surface area contributed by atoms with E-state index >= 15 is 0 Å². The van der Waals surface area contributed by atoms with Gasteiger partial charge in [0.1, 0.15) is 5.75 Å². The van der Waals surface area contributed by atoms with E-state index in [2.05, 4.69) is 5.32 Å². The fourth-order valence-corrected chi connectivity index (χ4v) is 5.99. The monoisotopic (exact) mass is 487 g/mol. The molecule has 0 radical (unpaired) electrons. The first kappa shape index (κ1) is 25.1. The molecule has 0 unspecified atom stereocenters. The summed E-state index contributed by atoms with van der Waals surface area (Å²) in [5.41, 5.74) is 0.909. The minimum Gasteiger partial charge on any atom is -0.482 e. The fraction of sp³-hybridized carbons (Fsp3) is 0.320. The third-order valence-corrected chi connectivity index (χ3v) is 8.05. The molecule has 0 bridgehead atoms. The highest BCUT2D eigenvalue weighted by atomic mass is 32.2. The maximum Gasteiger partial charge on any atom is 0.341 e. The summed E-state index contributed by atoms with van der Waals surface area (Å²) in [5, 5.41) is 13.7. The molecule has 3 aromatic rings. The molecule has 33 heavy (non-hydrogen) atoms. The molecule has 3 aromatic carbocycles. The largest absolute Gasteiger partial charge is 0.482 e. The molecule has 6 nitrogen and oxygen atoms in total. The second-order valence-electron chi connectivity index (χ2n) is 7.71. The van der Waals surface area contributed by atoms with Crippen molar-refractivity contribution >= 4 is 38.3 Å². The number of benzene rings is 3. The van der Waals surface area contributed by atoms with E-state index in [-0.39, 0.29) is 12.4 Å². The van der Waals surface area contributed by atoms with Crippen molar-refractivity contribution in [1.82, 2.24) is 5.32 Å². The predicted molar refractivity (Wildman–Crippen MR) is 133 cm³/mol. The van der Waals surface area contributed by atoms with E-state index in [1.807, 2.05) is 49.4 Å². The average molecular weight is 488 g/mol. The highest BCUT2D eigenvalue weighted by Gasteiger charge is 2.16. The van der Waals surface area contributed by atoms with E-state index in [0.29, 0.717) is 23.6 Å². The first-order valence-electron chi connectivity index (χ1n) is 10.9. The zero-order valence-electron chi connectivity index (χ0n) is 18.6. The van der Waals surface area contributed by atoms with E-state index < -0.39 is 15.8 Å². The van der Waals surface area contributed by atoms with Gasteiger partial charge in [-0.1, -0.05) is 36.4 Å². The summed E-state index contributed by atoms with van der Waals surface area (Å²) in [7, 11) is -3.32. The van der Waals surface area contributed by atoms with Crippen molar-refractivity contribution in [3.63, 3.8) is 0 Å². The van der Waals surface area contributed by atoms with Gasteiger partial charge in [-0.25, -0.2) is 13.2 Å². The van der Waals surface area contributed by atoms with Crippen molar-refractivity contribution in [1.29, 1.82) is 0 Å². The number of carboxylic acid groups (broad SMARTS) is 1. The van der Waals surface area contributed by atoms with Gasteiger partial charge in [-0.2, -0.15) is 0 Å². The molecule has 0 aliphatic rings. The molecule has 0 saturated heterocycles. The van der Waals surface area contributed by atoms with Crippen LogP contribution >= 0.6 is 11.8 Å².